The van der Waals surface area contributed by atoms with Crippen molar-refractivity contribution in [3.8, 4) is 0 Å². The third-order valence-corrected chi connectivity index (χ3v) is 2.62. The molecule has 1 nitrogen and oxygen atoms in total. The minimum absolute atomic E-state index is 0.375. The van der Waals surface area contributed by atoms with Crippen molar-refractivity contribution in [1.82, 2.24) is 4.98 Å². The Morgan fingerprint density at radius 3 is 2.06 bits per heavy atom. The summed E-state index contributed by atoms with van der Waals surface area (Å²) in [4.78, 5) is 3.90. The Morgan fingerprint density at radius 1 is 0.938 bits per heavy atom. The normalized spacial score (nSPS) is 10.1. The molecular weight excluding hydrogens is 241 g/mol. The first-order chi connectivity index (χ1) is 7.66. The largest absolute Gasteiger partial charge is 0.224 e. The van der Waals surface area contributed by atoms with Gasteiger partial charge < -0.3 is 0 Å². The maximum absolute atomic E-state index is 5.84. The van der Waals surface area contributed by atoms with E-state index in [1.165, 1.54) is 0 Å². The maximum Gasteiger partial charge on any atom is 0.131 e. The summed E-state index contributed by atoms with van der Waals surface area (Å²) in [6, 6.07) is 13.4. The van der Waals surface area contributed by atoms with Gasteiger partial charge in [-0.25, -0.2) is 4.98 Å². The molecule has 1 heterocycles. The molecule has 2 rings (SSSR count). The smallest absolute Gasteiger partial charge is 0.131 e. The second-order valence-electron chi connectivity index (χ2n) is 3.35. The fourth-order valence-electron chi connectivity index (χ4n) is 1.45. The molecule has 0 bridgehead atoms. The average molecular weight is 250 g/mol. The summed E-state index contributed by atoms with van der Waals surface area (Å²) in [5, 5.41) is 0.749. The van der Waals surface area contributed by atoms with E-state index in [4.69, 9.17) is 23.2 Å². The van der Waals surface area contributed by atoms with E-state index < -0.39 is 0 Å². The summed E-state index contributed by atoms with van der Waals surface area (Å²) in [7, 11) is 0. The van der Waals surface area contributed by atoms with Crippen LogP contribution in [0.4, 0.5) is 0 Å². The lowest BCUT2D eigenvalue weighted by molar-refractivity contribution is 1.31. The molecule has 80 valence electrons. The van der Waals surface area contributed by atoms with E-state index in [1.807, 2.05) is 30.3 Å². The SMILES string of the molecule is C=C(c1ccccc1)c1cc(Cl)nc(Cl)c1. The van der Waals surface area contributed by atoms with Gasteiger partial charge in [-0.05, 0) is 28.8 Å². The summed E-state index contributed by atoms with van der Waals surface area (Å²) >= 11 is 11.7. The molecule has 0 spiro atoms. The zero-order valence-corrected chi connectivity index (χ0v) is 9.96. The lowest BCUT2D eigenvalue weighted by Gasteiger charge is -2.06. The number of halogens is 2. The Morgan fingerprint density at radius 2 is 1.50 bits per heavy atom. The highest BCUT2D eigenvalue weighted by Crippen LogP contribution is 2.25. The van der Waals surface area contributed by atoms with Crippen LogP contribution in [0.3, 0.4) is 0 Å². The van der Waals surface area contributed by atoms with Crippen molar-refractivity contribution in [2.24, 2.45) is 0 Å². The summed E-state index contributed by atoms with van der Waals surface area (Å²) < 4.78 is 0. The first-order valence-corrected chi connectivity index (χ1v) is 5.50. The molecule has 0 saturated heterocycles. The van der Waals surface area contributed by atoms with Crippen LogP contribution in [0.2, 0.25) is 10.3 Å². The Hall–Kier alpha value is -1.31. The molecule has 2 aromatic rings. The van der Waals surface area contributed by atoms with Crippen molar-refractivity contribution in [3.63, 3.8) is 0 Å². The van der Waals surface area contributed by atoms with Gasteiger partial charge >= 0.3 is 0 Å². The maximum atomic E-state index is 5.84. The van der Waals surface area contributed by atoms with Crippen molar-refractivity contribution in [2.75, 3.05) is 0 Å². The first kappa shape index (κ1) is 11.2. The van der Waals surface area contributed by atoms with E-state index >= 15 is 0 Å². The number of rotatable bonds is 2. The van der Waals surface area contributed by atoms with Crippen LogP contribution >= 0.6 is 23.2 Å². The standard InChI is InChI=1S/C13H9Cl2N/c1-9(10-5-3-2-4-6-10)11-7-12(14)16-13(15)8-11/h2-8H,1H2. The van der Waals surface area contributed by atoms with E-state index in [0.29, 0.717) is 10.3 Å². The van der Waals surface area contributed by atoms with Crippen LogP contribution in [0.5, 0.6) is 0 Å². The zero-order chi connectivity index (χ0) is 11.5. The molecule has 0 atom stereocenters. The van der Waals surface area contributed by atoms with E-state index in [9.17, 15) is 0 Å². The molecule has 0 saturated carbocycles. The molecule has 0 radical (unpaired) electrons. The molecule has 0 aliphatic rings. The number of benzene rings is 1. The topological polar surface area (TPSA) is 12.9 Å². The van der Waals surface area contributed by atoms with Crippen LogP contribution in [0, 0.1) is 0 Å². The lowest BCUT2D eigenvalue weighted by atomic mass is 10.0. The molecule has 0 aliphatic carbocycles. The second-order valence-corrected chi connectivity index (χ2v) is 4.12. The quantitative estimate of drug-likeness (QED) is 0.717. The highest BCUT2D eigenvalue weighted by Gasteiger charge is 2.05. The van der Waals surface area contributed by atoms with Crippen molar-refractivity contribution >= 4 is 28.8 Å². The Bertz CT molecular complexity index is 500. The van der Waals surface area contributed by atoms with Gasteiger partial charge in [0.2, 0.25) is 0 Å². The average Bonchev–Trinajstić information content (AvgIpc) is 2.28. The summed E-state index contributed by atoms with van der Waals surface area (Å²) in [5.74, 6) is 0. The lowest BCUT2D eigenvalue weighted by Crippen LogP contribution is -1.88. The third-order valence-electron chi connectivity index (χ3n) is 2.23. The van der Waals surface area contributed by atoms with Gasteiger partial charge in [0, 0.05) is 0 Å². The van der Waals surface area contributed by atoms with E-state index in [-0.39, 0.29) is 0 Å². The predicted octanol–water partition coefficient (Wildman–Crippen LogP) is 4.45. The zero-order valence-electron chi connectivity index (χ0n) is 8.45. The van der Waals surface area contributed by atoms with Gasteiger partial charge in [0.05, 0.1) is 0 Å². The van der Waals surface area contributed by atoms with Gasteiger partial charge in [0.1, 0.15) is 10.3 Å². The molecule has 0 unspecified atom stereocenters. The molecule has 3 heteroatoms. The van der Waals surface area contributed by atoms with Gasteiger partial charge in [0.25, 0.3) is 0 Å². The van der Waals surface area contributed by atoms with Gasteiger partial charge in [0.15, 0.2) is 0 Å². The van der Waals surface area contributed by atoms with Crippen LogP contribution in [-0.2, 0) is 0 Å². The Labute approximate surface area is 104 Å². The second kappa shape index (κ2) is 4.69. The molecule has 1 aromatic heterocycles. The number of hydrogen-bond acceptors (Lipinski definition) is 1. The van der Waals surface area contributed by atoms with E-state index in [2.05, 4.69) is 11.6 Å². The molecule has 0 amide bonds. The molecule has 16 heavy (non-hydrogen) atoms. The Balaban J connectivity index is 2.42. The minimum atomic E-state index is 0.375. The molecule has 0 aliphatic heterocycles. The van der Waals surface area contributed by atoms with Crippen LogP contribution in [0.25, 0.3) is 5.57 Å². The fraction of sp³-hybridized carbons (Fsp3) is 0. The molecule has 0 fully saturated rings. The van der Waals surface area contributed by atoms with Crippen molar-refractivity contribution in [1.29, 1.82) is 0 Å². The van der Waals surface area contributed by atoms with Crippen LogP contribution in [-0.4, -0.2) is 4.98 Å². The third kappa shape index (κ3) is 2.43. The fourth-order valence-corrected chi connectivity index (χ4v) is 1.91. The van der Waals surface area contributed by atoms with Crippen molar-refractivity contribution < 1.29 is 0 Å². The van der Waals surface area contributed by atoms with Gasteiger partial charge in [-0.1, -0.05) is 60.1 Å². The summed E-state index contributed by atoms with van der Waals surface area (Å²) in [6.45, 7) is 4.03. The van der Waals surface area contributed by atoms with Crippen LogP contribution in [0.1, 0.15) is 11.1 Å². The Kier molecular flexibility index (Phi) is 3.28. The van der Waals surface area contributed by atoms with E-state index in [1.54, 1.807) is 12.1 Å². The van der Waals surface area contributed by atoms with Gasteiger partial charge in [-0.15, -0.1) is 0 Å². The first-order valence-electron chi connectivity index (χ1n) is 4.74. The summed E-state index contributed by atoms with van der Waals surface area (Å²) in [6.07, 6.45) is 0. The van der Waals surface area contributed by atoms with Crippen molar-refractivity contribution in [2.45, 2.75) is 0 Å². The van der Waals surface area contributed by atoms with Crippen LogP contribution < -0.4 is 0 Å². The molecular formula is C13H9Cl2N. The van der Waals surface area contributed by atoms with Gasteiger partial charge in [-0.3, -0.25) is 0 Å². The monoisotopic (exact) mass is 249 g/mol. The number of aromatic nitrogens is 1. The number of nitrogens with zero attached hydrogens (tertiary/aromatic N) is 1. The summed E-state index contributed by atoms with van der Waals surface area (Å²) in [5.41, 5.74) is 2.81. The van der Waals surface area contributed by atoms with Crippen LogP contribution in [0.15, 0.2) is 49.0 Å². The number of hydrogen-bond donors (Lipinski definition) is 0. The van der Waals surface area contributed by atoms with E-state index in [0.717, 1.165) is 16.7 Å². The van der Waals surface area contributed by atoms with Gasteiger partial charge in [-0.2, -0.15) is 0 Å². The molecule has 1 aromatic carbocycles. The highest BCUT2D eigenvalue weighted by atomic mass is 35.5. The minimum Gasteiger partial charge on any atom is -0.224 e. The molecule has 0 N–H and O–H groups in total. The highest BCUT2D eigenvalue weighted by molar-refractivity contribution is 6.32. The predicted molar refractivity (Wildman–Crippen MR) is 68.8 cm³/mol. The number of pyridine rings is 1. The van der Waals surface area contributed by atoms with Crippen molar-refractivity contribution in [3.05, 3.63) is 70.5 Å².